The Bertz CT molecular complexity index is 526. The Kier molecular flexibility index (Phi) is 5.49. The van der Waals surface area contributed by atoms with Crippen molar-refractivity contribution in [3.63, 3.8) is 0 Å². The van der Waals surface area contributed by atoms with Crippen LogP contribution in [0.5, 0.6) is 0 Å². The summed E-state index contributed by atoms with van der Waals surface area (Å²) in [5.74, 6) is 0. The van der Waals surface area contributed by atoms with Crippen molar-refractivity contribution < 1.29 is 0 Å². The molecule has 106 valence electrons. The van der Waals surface area contributed by atoms with Crippen molar-refractivity contribution in [1.29, 1.82) is 0 Å². The molecule has 1 fully saturated rings. The number of benzene rings is 1. The molecule has 0 N–H and O–H groups in total. The summed E-state index contributed by atoms with van der Waals surface area (Å²) < 4.78 is 0. The summed E-state index contributed by atoms with van der Waals surface area (Å²) in [6.45, 7) is 6.21. The number of anilines is 1. The number of halogens is 1. The van der Waals surface area contributed by atoms with Gasteiger partial charge in [-0.1, -0.05) is 48.9 Å². The topological polar surface area (TPSA) is 3.24 Å². The van der Waals surface area contributed by atoms with Crippen LogP contribution in [0.1, 0.15) is 26.7 Å². The number of rotatable bonds is 3. The van der Waals surface area contributed by atoms with Gasteiger partial charge < -0.3 is 4.90 Å². The number of hydrogen-bond donors (Lipinski definition) is 0. The number of hydrogen-bond acceptors (Lipinski definition) is 1. The molecule has 0 unspecified atom stereocenters. The fourth-order valence-electron chi connectivity index (χ4n) is 2.55. The third-order valence-corrected chi connectivity index (χ3v) is 3.87. The lowest BCUT2D eigenvalue weighted by atomic mass is 9.96. The van der Waals surface area contributed by atoms with Crippen LogP contribution in [-0.2, 0) is 0 Å². The molecule has 0 bridgehead atoms. The first-order valence-corrected chi connectivity index (χ1v) is 7.64. The van der Waals surface area contributed by atoms with Crippen molar-refractivity contribution >= 4 is 17.3 Å². The highest BCUT2D eigenvalue weighted by Gasteiger charge is 2.18. The molecule has 0 aromatic heterocycles. The lowest BCUT2D eigenvalue weighted by molar-refractivity contribution is 0.765. The van der Waals surface area contributed by atoms with E-state index in [0.29, 0.717) is 0 Å². The van der Waals surface area contributed by atoms with Crippen molar-refractivity contribution in [3.05, 3.63) is 64.7 Å². The number of nitrogens with zero attached hydrogens (tertiary/aromatic N) is 1. The Morgan fingerprint density at radius 2 is 2.00 bits per heavy atom. The van der Waals surface area contributed by atoms with Crippen molar-refractivity contribution in [2.75, 3.05) is 18.0 Å². The van der Waals surface area contributed by atoms with Gasteiger partial charge in [0.1, 0.15) is 0 Å². The van der Waals surface area contributed by atoms with Gasteiger partial charge in [0.15, 0.2) is 0 Å². The summed E-state index contributed by atoms with van der Waals surface area (Å²) in [6, 6.07) is 10.6. The molecule has 0 radical (unpaired) electrons. The fourth-order valence-corrected chi connectivity index (χ4v) is 2.84. The molecule has 0 aliphatic carbocycles. The summed E-state index contributed by atoms with van der Waals surface area (Å²) >= 11 is 6.27. The largest absolute Gasteiger partial charge is 0.367 e. The molecule has 0 saturated carbocycles. The van der Waals surface area contributed by atoms with Gasteiger partial charge in [-0.05, 0) is 49.1 Å². The van der Waals surface area contributed by atoms with Crippen LogP contribution in [-0.4, -0.2) is 13.1 Å². The zero-order valence-corrected chi connectivity index (χ0v) is 13.0. The second kappa shape index (κ2) is 7.35. The molecule has 0 atom stereocenters. The van der Waals surface area contributed by atoms with E-state index in [9.17, 15) is 0 Å². The maximum atomic E-state index is 6.27. The minimum absolute atomic E-state index is 0.844. The standard InChI is InChI=1S/C18H22ClN/c1-3-8-17(19)13-16-14-20(12-11-15(16)4-2)18-9-6-5-7-10-18/h4-10,13H,3,11-12,14H2,1-2H3/b15-4-,16-13-,17-8-. The third kappa shape index (κ3) is 3.77. The Morgan fingerprint density at radius 1 is 1.25 bits per heavy atom. The second-order valence-electron chi connectivity index (χ2n) is 4.99. The average Bonchev–Trinajstić information content (AvgIpc) is 2.48. The van der Waals surface area contributed by atoms with E-state index in [1.807, 2.05) is 0 Å². The molecule has 2 rings (SSSR count). The third-order valence-electron chi connectivity index (χ3n) is 3.61. The molecular formula is C18H22ClN. The van der Waals surface area contributed by atoms with E-state index in [1.54, 1.807) is 0 Å². The van der Waals surface area contributed by atoms with Crippen LogP contribution in [0.25, 0.3) is 0 Å². The van der Waals surface area contributed by atoms with Gasteiger partial charge in [-0.2, -0.15) is 0 Å². The number of allylic oxidation sites excluding steroid dienone is 4. The van der Waals surface area contributed by atoms with Gasteiger partial charge in [-0.15, -0.1) is 0 Å². The van der Waals surface area contributed by atoms with Gasteiger partial charge in [0.05, 0.1) is 0 Å². The van der Waals surface area contributed by atoms with E-state index in [0.717, 1.165) is 31.0 Å². The molecule has 0 spiro atoms. The summed E-state index contributed by atoms with van der Waals surface area (Å²) in [6.07, 6.45) is 8.44. The van der Waals surface area contributed by atoms with Gasteiger partial charge in [0.25, 0.3) is 0 Å². The van der Waals surface area contributed by atoms with E-state index in [-0.39, 0.29) is 0 Å². The zero-order chi connectivity index (χ0) is 14.4. The van der Waals surface area contributed by atoms with Gasteiger partial charge in [-0.3, -0.25) is 0 Å². The summed E-state index contributed by atoms with van der Waals surface area (Å²) in [5, 5.41) is 0.844. The maximum Gasteiger partial charge on any atom is 0.0432 e. The smallest absolute Gasteiger partial charge is 0.0432 e. The van der Waals surface area contributed by atoms with Crippen molar-refractivity contribution in [1.82, 2.24) is 0 Å². The van der Waals surface area contributed by atoms with E-state index in [2.05, 4.69) is 67.3 Å². The van der Waals surface area contributed by atoms with Gasteiger partial charge in [0.2, 0.25) is 0 Å². The van der Waals surface area contributed by atoms with E-state index >= 15 is 0 Å². The van der Waals surface area contributed by atoms with E-state index in [1.165, 1.54) is 16.8 Å². The lowest BCUT2D eigenvalue weighted by Gasteiger charge is -2.32. The first-order valence-electron chi connectivity index (χ1n) is 7.26. The van der Waals surface area contributed by atoms with Crippen LogP contribution in [0, 0.1) is 0 Å². The Balaban J connectivity index is 2.22. The molecule has 1 aromatic carbocycles. The van der Waals surface area contributed by atoms with Crippen molar-refractivity contribution in [3.8, 4) is 0 Å². The first kappa shape index (κ1) is 14.9. The highest BCUT2D eigenvalue weighted by Crippen LogP contribution is 2.28. The molecule has 20 heavy (non-hydrogen) atoms. The zero-order valence-electron chi connectivity index (χ0n) is 12.3. The van der Waals surface area contributed by atoms with Gasteiger partial charge in [0, 0.05) is 23.8 Å². The van der Waals surface area contributed by atoms with Crippen molar-refractivity contribution in [2.45, 2.75) is 26.7 Å². The Morgan fingerprint density at radius 3 is 2.65 bits per heavy atom. The molecule has 1 saturated heterocycles. The highest BCUT2D eigenvalue weighted by atomic mass is 35.5. The second-order valence-corrected chi connectivity index (χ2v) is 5.42. The maximum absolute atomic E-state index is 6.27. The van der Waals surface area contributed by atoms with Crippen LogP contribution >= 0.6 is 11.6 Å². The molecule has 2 heteroatoms. The highest BCUT2D eigenvalue weighted by molar-refractivity contribution is 6.31. The van der Waals surface area contributed by atoms with Crippen LogP contribution < -0.4 is 4.90 Å². The van der Waals surface area contributed by atoms with Gasteiger partial charge >= 0.3 is 0 Å². The van der Waals surface area contributed by atoms with Crippen molar-refractivity contribution in [2.24, 2.45) is 0 Å². The van der Waals surface area contributed by atoms with Crippen LogP contribution in [0.4, 0.5) is 5.69 Å². The number of piperidine rings is 1. The molecule has 1 nitrogen and oxygen atoms in total. The summed E-state index contributed by atoms with van der Waals surface area (Å²) in [4.78, 5) is 2.41. The Hall–Kier alpha value is -1.47. The normalized spacial score (nSPS) is 20.8. The van der Waals surface area contributed by atoms with E-state index < -0.39 is 0 Å². The van der Waals surface area contributed by atoms with E-state index in [4.69, 9.17) is 11.6 Å². The molecule has 0 amide bonds. The Labute approximate surface area is 127 Å². The quantitative estimate of drug-likeness (QED) is 0.729. The monoisotopic (exact) mass is 287 g/mol. The molecule has 1 aliphatic heterocycles. The lowest BCUT2D eigenvalue weighted by Crippen LogP contribution is -2.32. The summed E-state index contributed by atoms with van der Waals surface area (Å²) in [5.41, 5.74) is 4.03. The van der Waals surface area contributed by atoms with Crippen LogP contribution in [0.2, 0.25) is 0 Å². The minimum Gasteiger partial charge on any atom is -0.367 e. The molecule has 1 aliphatic rings. The average molecular weight is 288 g/mol. The predicted molar refractivity (Wildman–Crippen MR) is 89.3 cm³/mol. The van der Waals surface area contributed by atoms with Crippen LogP contribution in [0.3, 0.4) is 0 Å². The van der Waals surface area contributed by atoms with Gasteiger partial charge in [-0.25, -0.2) is 0 Å². The minimum atomic E-state index is 0.844. The fraction of sp³-hybridized carbons (Fsp3) is 0.333. The molecular weight excluding hydrogens is 266 g/mol. The number of para-hydroxylation sites is 1. The SMILES string of the molecule is C/C=C1/CCN(c2ccccc2)C/C1=C/C(Cl)=C/CC. The van der Waals surface area contributed by atoms with Crippen LogP contribution in [0.15, 0.2) is 64.7 Å². The molecule has 1 aromatic rings. The predicted octanol–water partition coefficient (Wildman–Crippen LogP) is 5.30. The summed E-state index contributed by atoms with van der Waals surface area (Å²) in [7, 11) is 0. The first-order chi connectivity index (χ1) is 9.74. The molecule has 1 heterocycles.